The predicted molar refractivity (Wildman–Crippen MR) is 98.3 cm³/mol. The fourth-order valence-electron chi connectivity index (χ4n) is 3.09. The normalized spacial score (nSPS) is 11.9. The molecule has 3 aromatic carbocycles. The number of ether oxygens (including phenoxy) is 1. The average Bonchev–Trinajstić information content (AvgIpc) is 2.60. The summed E-state index contributed by atoms with van der Waals surface area (Å²) >= 11 is 0. The first-order valence-electron chi connectivity index (χ1n) is 8.26. The molecule has 0 saturated carbocycles. The molecule has 120 valence electrons. The summed E-state index contributed by atoms with van der Waals surface area (Å²) < 4.78 is 5.91. The third-order valence-electron chi connectivity index (χ3n) is 4.35. The summed E-state index contributed by atoms with van der Waals surface area (Å²) in [6, 6.07) is 23.0. The first kappa shape index (κ1) is 16.1. The molecule has 3 aromatic rings. The second-order valence-electron chi connectivity index (χ2n) is 6.16. The van der Waals surface area contributed by atoms with Crippen LogP contribution in [0.5, 0.6) is 5.75 Å². The molecule has 0 bridgehead atoms. The largest absolute Gasteiger partial charge is 0.493 e. The molecule has 0 saturated heterocycles. The zero-order valence-corrected chi connectivity index (χ0v) is 14.1. The van der Waals surface area contributed by atoms with E-state index in [1.165, 1.54) is 10.9 Å². The Hall–Kier alpha value is -2.79. The SMILES string of the molecule is Cc1ccc(OCCC(C#N)c2cccc3ccccc23)c(C)c1. The van der Waals surface area contributed by atoms with Crippen molar-refractivity contribution in [2.24, 2.45) is 0 Å². The molecule has 0 aliphatic rings. The highest BCUT2D eigenvalue weighted by Gasteiger charge is 2.14. The number of hydrogen-bond acceptors (Lipinski definition) is 2. The minimum absolute atomic E-state index is 0.165. The number of nitrogens with zero attached hydrogens (tertiary/aromatic N) is 1. The van der Waals surface area contributed by atoms with Crippen molar-refractivity contribution >= 4 is 10.8 Å². The molecule has 0 spiro atoms. The maximum atomic E-state index is 9.62. The molecular formula is C22H21NO. The van der Waals surface area contributed by atoms with Gasteiger partial charge in [-0.1, -0.05) is 60.2 Å². The van der Waals surface area contributed by atoms with Gasteiger partial charge in [0.25, 0.3) is 0 Å². The zero-order chi connectivity index (χ0) is 16.9. The van der Waals surface area contributed by atoms with E-state index in [2.05, 4.69) is 50.2 Å². The van der Waals surface area contributed by atoms with Gasteiger partial charge in [0.05, 0.1) is 18.6 Å². The van der Waals surface area contributed by atoms with E-state index in [0.717, 1.165) is 22.3 Å². The van der Waals surface area contributed by atoms with Crippen molar-refractivity contribution in [1.82, 2.24) is 0 Å². The standard InChI is InChI=1S/C22H21NO/c1-16-10-11-22(17(2)14-16)24-13-12-19(15-23)21-9-5-7-18-6-3-4-8-20(18)21/h3-11,14,19H,12-13H2,1-2H3. The number of benzene rings is 3. The number of fused-ring (bicyclic) bond motifs is 1. The summed E-state index contributed by atoms with van der Waals surface area (Å²) in [6.07, 6.45) is 0.678. The first-order valence-corrected chi connectivity index (χ1v) is 8.26. The van der Waals surface area contributed by atoms with Crippen molar-refractivity contribution < 1.29 is 4.74 Å². The molecule has 24 heavy (non-hydrogen) atoms. The van der Waals surface area contributed by atoms with Crippen molar-refractivity contribution in [3.05, 3.63) is 77.4 Å². The Kier molecular flexibility index (Phi) is 4.82. The van der Waals surface area contributed by atoms with Crippen LogP contribution in [0.2, 0.25) is 0 Å². The quantitative estimate of drug-likeness (QED) is 0.620. The predicted octanol–water partition coefficient (Wildman–Crippen LogP) is 5.53. The van der Waals surface area contributed by atoms with Crippen LogP contribution in [0.3, 0.4) is 0 Å². The lowest BCUT2D eigenvalue weighted by Gasteiger charge is -2.14. The first-order chi connectivity index (χ1) is 11.7. The lowest BCUT2D eigenvalue weighted by molar-refractivity contribution is 0.304. The molecule has 0 aromatic heterocycles. The molecule has 0 amide bonds. The van der Waals surface area contributed by atoms with Crippen molar-refractivity contribution in [1.29, 1.82) is 5.26 Å². The van der Waals surface area contributed by atoms with Gasteiger partial charge in [0, 0.05) is 6.42 Å². The highest BCUT2D eigenvalue weighted by Crippen LogP contribution is 2.28. The summed E-state index contributed by atoms with van der Waals surface area (Å²) in [7, 11) is 0. The third-order valence-corrected chi connectivity index (χ3v) is 4.35. The number of aryl methyl sites for hydroxylation is 2. The zero-order valence-electron chi connectivity index (χ0n) is 14.1. The van der Waals surface area contributed by atoms with Crippen LogP contribution in [0.4, 0.5) is 0 Å². The Morgan fingerprint density at radius 2 is 1.79 bits per heavy atom. The summed E-state index contributed by atoms with van der Waals surface area (Å²) in [6.45, 7) is 4.66. The second kappa shape index (κ2) is 7.19. The van der Waals surface area contributed by atoms with Crippen LogP contribution in [0.15, 0.2) is 60.7 Å². The molecule has 2 heteroatoms. The highest BCUT2D eigenvalue weighted by molar-refractivity contribution is 5.86. The molecule has 1 atom stereocenters. The average molecular weight is 315 g/mol. The lowest BCUT2D eigenvalue weighted by Crippen LogP contribution is -2.06. The molecule has 0 radical (unpaired) electrons. The maximum Gasteiger partial charge on any atom is 0.122 e. The summed E-state index contributed by atoms with van der Waals surface area (Å²) in [5.74, 6) is 0.733. The van der Waals surface area contributed by atoms with E-state index in [1.807, 2.05) is 30.3 Å². The van der Waals surface area contributed by atoms with Crippen molar-refractivity contribution in [2.45, 2.75) is 26.2 Å². The smallest absolute Gasteiger partial charge is 0.122 e. The Morgan fingerprint density at radius 3 is 2.58 bits per heavy atom. The Morgan fingerprint density at radius 1 is 1.00 bits per heavy atom. The van der Waals surface area contributed by atoms with E-state index in [9.17, 15) is 5.26 Å². The molecule has 0 aliphatic heterocycles. The van der Waals surface area contributed by atoms with E-state index in [-0.39, 0.29) is 5.92 Å². The molecule has 1 unspecified atom stereocenters. The minimum atomic E-state index is -0.165. The van der Waals surface area contributed by atoms with Gasteiger partial charge in [-0.25, -0.2) is 0 Å². The second-order valence-corrected chi connectivity index (χ2v) is 6.16. The van der Waals surface area contributed by atoms with Crippen LogP contribution in [0, 0.1) is 25.2 Å². The van der Waals surface area contributed by atoms with E-state index in [1.54, 1.807) is 0 Å². The lowest BCUT2D eigenvalue weighted by atomic mass is 9.92. The molecule has 2 nitrogen and oxygen atoms in total. The van der Waals surface area contributed by atoms with Gasteiger partial charge in [0.2, 0.25) is 0 Å². The number of nitriles is 1. The molecule has 0 fully saturated rings. The molecule has 0 N–H and O–H groups in total. The Bertz CT molecular complexity index is 887. The third kappa shape index (κ3) is 3.41. The van der Waals surface area contributed by atoms with Gasteiger partial charge in [-0.2, -0.15) is 5.26 Å². The van der Waals surface area contributed by atoms with Crippen LogP contribution in [-0.2, 0) is 0 Å². The van der Waals surface area contributed by atoms with Crippen LogP contribution in [0.1, 0.15) is 29.0 Å². The molecule has 3 rings (SSSR count). The van der Waals surface area contributed by atoms with Gasteiger partial charge >= 0.3 is 0 Å². The Balaban J connectivity index is 1.74. The van der Waals surface area contributed by atoms with E-state index >= 15 is 0 Å². The minimum Gasteiger partial charge on any atom is -0.493 e. The van der Waals surface area contributed by atoms with E-state index < -0.39 is 0 Å². The van der Waals surface area contributed by atoms with Crippen molar-refractivity contribution in [3.63, 3.8) is 0 Å². The van der Waals surface area contributed by atoms with Crippen LogP contribution >= 0.6 is 0 Å². The van der Waals surface area contributed by atoms with Gasteiger partial charge in [0.1, 0.15) is 5.75 Å². The van der Waals surface area contributed by atoms with Crippen molar-refractivity contribution in [2.75, 3.05) is 6.61 Å². The molecular weight excluding hydrogens is 294 g/mol. The van der Waals surface area contributed by atoms with Gasteiger partial charge in [-0.3, -0.25) is 0 Å². The van der Waals surface area contributed by atoms with Crippen LogP contribution in [-0.4, -0.2) is 6.61 Å². The van der Waals surface area contributed by atoms with Crippen LogP contribution < -0.4 is 4.74 Å². The summed E-state index contributed by atoms with van der Waals surface area (Å²) in [5.41, 5.74) is 3.44. The summed E-state index contributed by atoms with van der Waals surface area (Å²) in [5, 5.41) is 11.9. The van der Waals surface area contributed by atoms with Gasteiger partial charge in [0.15, 0.2) is 0 Å². The van der Waals surface area contributed by atoms with Crippen molar-refractivity contribution in [3.8, 4) is 11.8 Å². The summed E-state index contributed by atoms with van der Waals surface area (Å²) in [4.78, 5) is 0. The topological polar surface area (TPSA) is 33.0 Å². The maximum absolute atomic E-state index is 9.62. The van der Waals surface area contributed by atoms with Gasteiger partial charge < -0.3 is 4.74 Å². The van der Waals surface area contributed by atoms with Crippen LogP contribution in [0.25, 0.3) is 10.8 Å². The fourth-order valence-corrected chi connectivity index (χ4v) is 3.09. The molecule has 0 aliphatic carbocycles. The highest BCUT2D eigenvalue weighted by atomic mass is 16.5. The number of rotatable bonds is 5. The fraction of sp³-hybridized carbons (Fsp3) is 0.227. The monoisotopic (exact) mass is 315 g/mol. The van der Waals surface area contributed by atoms with Gasteiger partial charge in [-0.15, -0.1) is 0 Å². The van der Waals surface area contributed by atoms with Gasteiger partial charge in [-0.05, 0) is 41.8 Å². The molecule has 0 heterocycles. The van der Waals surface area contributed by atoms with E-state index in [0.29, 0.717) is 13.0 Å². The Labute approximate surface area is 143 Å². The van der Waals surface area contributed by atoms with E-state index in [4.69, 9.17) is 4.74 Å². The number of hydrogen-bond donors (Lipinski definition) is 0.